The maximum absolute atomic E-state index is 12.1. The highest BCUT2D eigenvalue weighted by atomic mass is 31.2. The van der Waals surface area contributed by atoms with Gasteiger partial charge in [-0.25, -0.2) is 22.3 Å². The summed E-state index contributed by atoms with van der Waals surface area (Å²) in [4.78, 5) is 0. The van der Waals surface area contributed by atoms with Gasteiger partial charge in [0.2, 0.25) is 0 Å². The van der Waals surface area contributed by atoms with E-state index >= 15 is 0 Å². The van der Waals surface area contributed by atoms with E-state index in [0.717, 1.165) is 0 Å². The van der Waals surface area contributed by atoms with Crippen LogP contribution in [0.4, 0.5) is 21.6 Å². The van der Waals surface area contributed by atoms with Crippen molar-refractivity contribution < 1.29 is 30.7 Å². The Kier molecular flexibility index (Phi) is 3.02. The molecule has 0 spiro atoms. The molecule has 0 bridgehead atoms. The van der Waals surface area contributed by atoms with Crippen LogP contribution < -0.4 is 0 Å². The first-order valence-corrected chi connectivity index (χ1v) is 3.73. The maximum Gasteiger partial charge on any atom is 0.554 e. The van der Waals surface area contributed by atoms with Crippen LogP contribution in [0.1, 0.15) is 6.92 Å². The lowest BCUT2D eigenvalue weighted by atomic mass is 10.4. The van der Waals surface area contributed by atoms with E-state index in [-0.39, 0.29) is 6.92 Å². The molecule has 0 aromatic heterocycles. The third-order valence-corrected chi connectivity index (χ3v) is 1.24. The van der Waals surface area contributed by atoms with E-state index < -0.39 is 20.3 Å². The van der Waals surface area contributed by atoms with Gasteiger partial charge in [0.05, 0.1) is 0 Å². The monoisotopic (exact) mass is 198 g/mol. The second kappa shape index (κ2) is 3.06. The summed E-state index contributed by atoms with van der Waals surface area (Å²) in [6.07, 6.45) is -3.76. The van der Waals surface area contributed by atoms with Crippen molar-refractivity contribution in [2.75, 3.05) is 0 Å². The van der Waals surface area contributed by atoms with Crippen LogP contribution in [0.3, 0.4) is 0 Å². The normalized spacial score (nSPS) is 18.5. The Balaban J connectivity index is 4.25. The van der Waals surface area contributed by atoms with Crippen LogP contribution in [-0.4, -0.2) is 12.3 Å². The van der Waals surface area contributed by atoms with Crippen molar-refractivity contribution in [2.24, 2.45) is 0 Å². The Morgan fingerprint density at radius 1 is 1.45 bits per heavy atom. The number of hydrogen-bond donors (Lipinski definition) is 0. The quantitative estimate of drug-likeness (QED) is 0.514. The van der Waals surface area contributed by atoms with Crippen LogP contribution in [-0.2, 0) is 9.09 Å². The smallest absolute Gasteiger partial charge is 0.236 e. The zero-order chi connectivity index (χ0) is 9.28. The lowest BCUT2D eigenvalue weighted by Gasteiger charge is -2.17. The molecule has 0 saturated heterocycles. The average Bonchev–Trinajstić information content (AvgIpc) is 1.56. The fraction of sp³-hybridized carbons (Fsp3) is 1.00. The number of rotatable bonds is 3. The molecule has 0 heterocycles. The minimum Gasteiger partial charge on any atom is -0.236 e. The Labute approximate surface area is 59.0 Å². The Morgan fingerprint density at radius 2 is 1.82 bits per heavy atom. The fourth-order valence-electron chi connectivity index (χ4n) is 0.248. The third-order valence-electron chi connectivity index (χ3n) is 0.675. The van der Waals surface area contributed by atoms with E-state index in [4.69, 9.17) is 0 Å². The molecule has 68 valence electrons. The highest BCUT2D eigenvalue weighted by Crippen LogP contribution is 2.54. The molecular formula is C3H4F5O2P. The van der Waals surface area contributed by atoms with Crippen LogP contribution in [0.15, 0.2) is 0 Å². The largest absolute Gasteiger partial charge is 0.554 e. The first kappa shape index (κ1) is 10.8. The van der Waals surface area contributed by atoms with Gasteiger partial charge in [0.25, 0.3) is 12.3 Å². The Morgan fingerprint density at radius 3 is 1.91 bits per heavy atom. The van der Waals surface area contributed by atoms with E-state index in [9.17, 15) is 26.1 Å². The van der Waals surface area contributed by atoms with Gasteiger partial charge in [-0.1, -0.05) is 0 Å². The summed E-state index contributed by atoms with van der Waals surface area (Å²) < 4.78 is 69.6. The van der Waals surface area contributed by atoms with Crippen molar-refractivity contribution in [1.82, 2.24) is 0 Å². The number of alkyl halides is 3. The average molecular weight is 198 g/mol. The standard InChI is InChI=1S/C3H4F5O2P/c1-3(6,2(4)5)10-11(7,8)9/h2H,1H3. The molecular weight excluding hydrogens is 194 g/mol. The van der Waals surface area contributed by atoms with Gasteiger partial charge in [-0.05, 0) is 0 Å². The molecule has 0 aromatic carbocycles. The molecule has 0 saturated carbocycles. The molecule has 1 atom stereocenters. The third kappa shape index (κ3) is 4.31. The molecule has 0 aromatic rings. The molecule has 0 aliphatic rings. The van der Waals surface area contributed by atoms with E-state index in [1.165, 1.54) is 0 Å². The minimum absolute atomic E-state index is 0.0729. The zero-order valence-corrected chi connectivity index (χ0v) is 6.13. The van der Waals surface area contributed by atoms with E-state index in [1.54, 1.807) is 0 Å². The van der Waals surface area contributed by atoms with E-state index in [2.05, 4.69) is 4.52 Å². The molecule has 0 N–H and O–H groups in total. The van der Waals surface area contributed by atoms with Crippen LogP contribution in [0.5, 0.6) is 0 Å². The highest BCUT2D eigenvalue weighted by Gasteiger charge is 2.44. The summed E-state index contributed by atoms with van der Waals surface area (Å²) in [5.41, 5.74) is 0. The van der Waals surface area contributed by atoms with Gasteiger partial charge < -0.3 is 0 Å². The summed E-state index contributed by atoms with van der Waals surface area (Å²) >= 11 is 0. The van der Waals surface area contributed by atoms with Crippen LogP contribution >= 0.6 is 7.99 Å². The predicted molar refractivity (Wildman–Crippen MR) is 26.4 cm³/mol. The van der Waals surface area contributed by atoms with Gasteiger partial charge in [0.1, 0.15) is 0 Å². The molecule has 0 amide bonds. The molecule has 0 radical (unpaired) electrons. The maximum atomic E-state index is 12.1. The van der Waals surface area contributed by atoms with Gasteiger partial charge in [-0.2, -0.15) is 0 Å². The molecule has 0 fully saturated rings. The molecule has 8 heteroatoms. The molecule has 0 rings (SSSR count). The number of halogens is 5. The van der Waals surface area contributed by atoms with Crippen molar-refractivity contribution in [3.8, 4) is 0 Å². The second-order valence-corrected chi connectivity index (χ2v) is 2.80. The zero-order valence-electron chi connectivity index (χ0n) is 5.23. The van der Waals surface area contributed by atoms with Crippen LogP contribution in [0.2, 0.25) is 0 Å². The summed E-state index contributed by atoms with van der Waals surface area (Å²) in [5.74, 6) is -3.86. The Bertz CT molecular complexity index is 175. The summed E-state index contributed by atoms with van der Waals surface area (Å²) in [5, 5.41) is 0. The first-order chi connectivity index (χ1) is 4.65. The topological polar surface area (TPSA) is 26.3 Å². The second-order valence-electron chi connectivity index (χ2n) is 1.79. The molecule has 1 unspecified atom stereocenters. The van der Waals surface area contributed by atoms with Gasteiger partial charge in [0, 0.05) is 6.92 Å². The molecule has 11 heavy (non-hydrogen) atoms. The summed E-state index contributed by atoms with van der Waals surface area (Å²) in [6, 6.07) is 0. The first-order valence-electron chi connectivity index (χ1n) is 2.32. The van der Waals surface area contributed by atoms with Crippen molar-refractivity contribution in [2.45, 2.75) is 19.2 Å². The lowest BCUT2D eigenvalue weighted by Crippen LogP contribution is -2.29. The fourth-order valence-corrected chi connectivity index (χ4v) is 0.743. The predicted octanol–water partition coefficient (Wildman–Crippen LogP) is 3.00. The van der Waals surface area contributed by atoms with Crippen LogP contribution in [0, 0.1) is 0 Å². The van der Waals surface area contributed by atoms with Gasteiger partial charge >= 0.3 is 7.99 Å². The Hall–Kier alpha value is -0.160. The summed E-state index contributed by atoms with van der Waals surface area (Å²) in [6.45, 7) is 0.0729. The van der Waals surface area contributed by atoms with Gasteiger partial charge in [-0.15, -0.1) is 8.39 Å². The lowest BCUT2D eigenvalue weighted by molar-refractivity contribution is -0.157. The molecule has 2 nitrogen and oxygen atoms in total. The molecule has 0 aliphatic heterocycles. The van der Waals surface area contributed by atoms with Crippen molar-refractivity contribution in [3.05, 3.63) is 0 Å². The highest BCUT2D eigenvalue weighted by molar-refractivity contribution is 7.47. The van der Waals surface area contributed by atoms with Crippen molar-refractivity contribution in [3.63, 3.8) is 0 Å². The van der Waals surface area contributed by atoms with Crippen molar-refractivity contribution in [1.29, 1.82) is 0 Å². The van der Waals surface area contributed by atoms with Gasteiger partial charge in [-0.3, -0.25) is 0 Å². The van der Waals surface area contributed by atoms with E-state index in [1.807, 2.05) is 0 Å². The minimum atomic E-state index is -6.20. The van der Waals surface area contributed by atoms with Gasteiger partial charge in [0.15, 0.2) is 0 Å². The number of hydrogen-bond acceptors (Lipinski definition) is 2. The van der Waals surface area contributed by atoms with E-state index in [0.29, 0.717) is 0 Å². The van der Waals surface area contributed by atoms with Crippen LogP contribution in [0.25, 0.3) is 0 Å². The SMILES string of the molecule is CC(F)(OP(=O)(F)F)C(F)F. The summed E-state index contributed by atoms with van der Waals surface area (Å²) in [7, 11) is -6.20. The molecule has 0 aliphatic carbocycles. The van der Waals surface area contributed by atoms with Crippen molar-refractivity contribution >= 4 is 7.99 Å².